The Balaban J connectivity index is 2.15. The standard InChI is InChI=1S/C18H26N2O/c1-6-20-16(11-13(2)19-20)12-17(21)14-7-9-15(10-8-14)18(3,4)5/h7-11,17,21H,6,12H2,1-5H3. The molecule has 1 heterocycles. The molecule has 1 atom stereocenters. The molecule has 0 aliphatic carbocycles. The van der Waals surface area contributed by atoms with E-state index in [-0.39, 0.29) is 5.41 Å². The Morgan fingerprint density at radius 2 is 1.81 bits per heavy atom. The Kier molecular flexibility index (Phi) is 4.52. The summed E-state index contributed by atoms with van der Waals surface area (Å²) in [6, 6.07) is 10.3. The van der Waals surface area contributed by atoms with Gasteiger partial charge >= 0.3 is 0 Å². The molecule has 2 rings (SSSR count). The highest BCUT2D eigenvalue weighted by atomic mass is 16.3. The molecule has 1 aromatic heterocycles. The Labute approximate surface area is 127 Å². The normalized spacial score (nSPS) is 13.4. The van der Waals surface area contributed by atoms with Gasteiger partial charge in [0.2, 0.25) is 0 Å². The summed E-state index contributed by atoms with van der Waals surface area (Å²) < 4.78 is 1.96. The van der Waals surface area contributed by atoms with Crippen molar-refractivity contribution < 1.29 is 5.11 Å². The van der Waals surface area contributed by atoms with Crippen molar-refractivity contribution in [2.75, 3.05) is 0 Å². The zero-order chi connectivity index (χ0) is 15.6. The second kappa shape index (κ2) is 6.02. The minimum absolute atomic E-state index is 0.140. The first-order chi connectivity index (χ1) is 9.81. The second-order valence-corrected chi connectivity index (χ2v) is 6.68. The van der Waals surface area contributed by atoms with Crippen LogP contribution < -0.4 is 0 Å². The topological polar surface area (TPSA) is 38.0 Å². The van der Waals surface area contributed by atoms with Crippen molar-refractivity contribution in [1.29, 1.82) is 0 Å². The van der Waals surface area contributed by atoms with Crippen LogP contribution in [0.3, 0.4) is 0 Å². The average Bonchev–Trinajstić information content (AvgIpc) is 2.78. The van der Waals surface area contributed by atoms with Crippen LogP contribution in [0.25, 0.3) is 0 Å². The zero-order valence-corrected chi connectivity index (χ0v) is 13.7. The molecular formula is C18H26N2O. The first kappa shape index (κ1) is 15.8. The van der Waals surface area contributed by atoms with Crippen LogP contribution in [-0.2, 0) is 18.4 Å². The molecular weight excluding hydrogens is 260 g/mol. The number of benzene rings is 1. The number of hydrogen-bond acceptors (Lipinski definition) is 2. The van der Waals surface area contributed by atoms with Crippen LogP contribution in [0, 0.1) is 6.92 Å². The van der Waals surface area contributed by atoms with Gasteiger partial charge in [-0.25, -0.2) is 0 Å². The van der Waals surface area contributed by atoms with Gasteiger partial charge in [0.25, 0.3) is 0 Å². The molecule has 0 amide bonds. The third-order valence-electron chi connectivity index (χ3n) is 3.85. The van der Waals surface area contributed by atoms with E-state index in [9.17, 15) is 5.11 Å². The highest BCUT2D eigenvalue weighted by Crippen LogP contribution is 2.25. The molecule has 0 aliphatic heterocycles. The van der Waals surface area contributed by atoms with E-state index in [4.69, 9.17) is 0 Å². The number of aromatic nitrogens is 2. The number of aryl methyl sites for hydroxylation is 2. The maximum absolute atomic E-state index is 10.5. The summed E-state index contributed by atoms with van der Waals surface area (Å²) >= 11 is 0. The van der Waals surface area contributed by atoms with Gasteiger partial charge in [-0.2, -0.15) is 5.10 Å². The van der Waals surface area contributed by atoms with E-state index in [0.29, 0.717) is 6.42 Å². The minimum Gasteiger partial charge on any atom is -0.388 e. The van der Waals surface area contributed by atoms with Gasteiger partial charge in [0.15, 0.2) is 0 Å². The average molecular weight is 286 g/mol. The van der Waals surface area contributed by atoms with Gasteiger partial charge in [-0.15, -0.1) is 0 Å². The molecule has 0 fully saturated rings. The van der Waals surface area contributed by atoms with Crippen LogP contribution in [0.2, 0.25) is 0 Å². The number of rotatable bonds is 4. The largest absolute Gasteiger partial charge is 0.388 e. The maximum atomic E-state index is 10.5. The molecule has 2 aromatic rings. The van der Waals surface area contributed by atoms with E-state index in [0.717, 1.165) is 23.5 Å². The molecule has 0 bridgehead atoms. The number of nitrogens with zero attached hydrogens (tertiary/aromatic N) is 2. The fourth-order valence-corrected chi connectivity index (χ4v) is 2.56. The fourth-order valence-electron chi connectivity index (χ4n) is 2.56. The van der Waals surface area contributed by atoms with Gasteiger partial charge in [0, 0.05) is 18.7 Å². The SMILES string of the molecule is CCn1nc(C)cc1CC(O)c1ccc(C(C)(C)C)cc1. The van der Waals surface area contributed by atoms with Gasteiger partial charge in [0.1, 0.15) is 0 Å². The molecule has 1 unspecified atom stereocenters. The molecule has 0 radical (unpaired) electrons. The van der Waals surface area contributed by atoms with Crippen molar-refractivity contribution in [3.63, 3.8) is 0 Å². The van der Waals surface area contributed by atoms with Crippen molar-refractivity contribution >= 4 is 0 Å². The third kappa shape index (κ3) is 3.73. The van der Waals surface area contributed by atoms with Crippen molar-refractivity contribution in [2.24, 2.45) is 0 Å². The van der Waals surface area contributed by atoms with Crippen LogP contribution in [0.4, 0.5) is 0 Å². The van der Waals surface area contributed by atoms with E-state index >= 15 is 0 Å². The Morgan fingerprint density at radius 3 is 2.33 bits per heavy atom. The molecule has 21 heavy (non-hydrogen) atoms. The molecule has 0 spiro atoms. The first-order valence-electron chi connectivity index (χ1n) is 7.63. The summed E-state index contributed by atoms with van der Waals surface area (Å²) in [4.78, 5) is 0. The zero-order valence-electron chi connectivity index (χ0n) is 13.7. The molecule has 3 heteroatoms. The Hall–Kier alpha value is -1.61. The van der Waals surface area contributed by atoms with Gasteiger partial charge in [-0.05, 0) is 36.5 Å². The summed E-state index contributed by atoms with van der Waals surface area (Å²) in [6.45, 7) is 11.5. The summed E-state index contributed by atoms with van der Waals surface area (Å²) in [6.07, 6.45) is 0.115. The summed E-state index contributed by atoms with van der Waals surface area (Å²) in [5.41, 5.74) is 4.48. The molecule has 0 saturated carbocycles. The number of aliphatic hydroxyl groups is 1. The predicted molar refractivity (Wildman–Crippen MR) is 86.4 cm³/mol. The molecule has 114 valence electrons. The van der Waals surface area contributed by atoms with Gasteiger partial charge in [0.05, 0.1) is 11.8 Å². The van der Waals surface area contributed by atoms with Gasteiger partial charge in [-0.1, -0.05) is 45.0 Å². The lowest BCUT2D eigenvalue weighted by molar-refractivity contribution is 0.175. The molecule has 1 N–H and O–H groups in total. The third-order valence-corrected chi connectivity index (χ3v) is 3.85. The van der Waals surface area contributed by atoms with Crippen LogP contribution in [-0.4, -0.2) is 14.9 Å². The minimum atomic E-state index is -0.486. The van der Waals surface area contributed by atoms with Crippen molar-refractivity contribution in [1.82, 2.24) is 9.78 Å². The van der Waals surface area contributed by atoms with Crippen molar-refractivity contribution in [3.8, 4) is 0 Å². The number of hydrogen-bond donors (Lipinski definition) is 1. The van der Waals surface area contributed by atoms with E-state index in [1.807, 2.05) is 23.7 Å². The van der Waals surface area contributed by atoms with Crippen molar-refractivity contribution in [2.45, 2.75) is 59.1 Å². The molecule has 0 saturated heterocycles. The fraction of sp³-hybridized carbons (Fsp3) is 0.500. The number of aliphatic hydroxyl groups excluding tert-OH is 1. The second-order valence-electron chi connectivity index (χ2n) is 6.68. The van der Waals surface area contributed by atoms with E-state index < -0.39 is 6.10 Å². The van der Waals surface area contributed by atoms with Gasteiger partial charge < -0.3 is 5.11 Å². The summed E-state index contributed by atoms with van der Waals surface area (Å²) in [5.74, 6) is 0. The van der Waals surface area contributed by atoms with Crippen LogP contribution in [0.15, 0.2) is 30.3 Å². The summed E-state index contributed by atoms with van der Waals surface area (Å²) in [5, 5.41) is 14.9. The monoisotopic (exact) mass is 286 g/mol. The maximum Gasteiger partial charge on any atom is 0.0845 e. The quantitative estimate of drug-likeness (QED) is 0.928. The van der Waals surface area contributed by atoms with E-state index in [1.54, 1.807) is 0 Å². The predicted octanol–water partition coefficient (Wildman–Crippen LogP) is 3.79. The highest BCUT2D eigenvalue weighted by molar-refractivity contribution is 5.29. The lowest BCUT2D eigenvalue weighted by Crippen LogP contribution is -2.12. The van der Waals surface area contributed by atoms with Crippen LogP contribution >= 0.6 is 0 Å². The highest BCUT2D eigenvalue weighted by Gasteiger charge is 2.16. The smallest absolute Gasteiger partial charge is 0.0845 e. The lowest BCUT2D eigenvalue weighted by Gasteiger charge is -2.20. The van der Waals surface area contributed by atoms with E-state index in [2.05, 4.69) is 51.0 Å². The van der Waals surface area contributed by atoms with Gasteiger partial charge in [-0.3, -0.25) is 4.68 Å². The summed E-state index contributed by atoms with van der Waals surface area (Å²) in [7, 11) is 0. The first-order valence-corrected chi connectivity index (χ1v) is 7.63. The molecule has 0 aliphatic rings. The molecule has 3 nitrogen and oxygen atoms in total. The Morgan fingerprint density at radius 1 is 1.19 bits per heavy atom. The van der Waals surface area contributed by atoms with Crippen LogP contribution in [0.5, 0.6) is 0 Å². The van der Waals surface area contributed by atoms with Crippen molar-refractivity contribution in [3.05, 3.63) is 52.8 Å². The van der Waals surface area contributed by atoms with Crippen LogP contribution in [0.1, 0.15) is 56.3 Å². The lowest BCUT2D eigenvalue weighted by atomic mass is 9.86. The van der Waals surface area contributed by atoms with E-state index in [1.165, 1.54) is 5.56 Å². The Bertz CT molecular complexity index is 591. The molecule has 1 aromatic carbocycles.